The SMILES string of the molecule is C[C@@H]1CO[C@@H](C)CN1C(=O)/C=C/c1cccc(Cl)c1Cl. The van der Waals surface area contributed by atoms with E-state index >= 15 is 0 Å². The number of morpholine rings is 1. The van der Waals surface area contributed by atoms with Crippen LogP contribution in [0.5, 0.6) is 0 Å². The average Bonchev–Trinajstić information content (AvgIpc) is 2.43. The molecule has 108 valence electrons. The van der Waals surface area contributed by atoms with Crippen molar-refractivity contribution in [3.05, 3.63) is 39.9 Å². The standard InChI is InChI=1S/C15H17Cl2NO2/c1-10-9-20-11(2)8-18(10)14(19)7-6-12-4-3-5-13(16)15(12)17/h3-7,10-11H,8-9H2,1-2H3/b7-6+/t10-,11+/m1/s1. The van der Waals surface area contributed by atoms with Crippen LogP contribution in [-0.2, 0) is 9.53 Å². The van der Waals surface area contributed by atoms with Crippen LogP contribution in [-0.4, -0.2) is 36.1 Å². The number of halogens is 2. The number of ether oxygens (including phenoxy) is 1. The first kappa shape index (κ1) is 15.4. The van der Waals surface area contributed by atoms with Crippen LogP contribution in [0.4, 0.5) is 0 Å². The molecule has 0 aliphatic carbocycles. The van der Waals surface area contributed by atoms with Gasteiger partial charge < -0.3 is 9.64 Å². The number of carbonyl (C=O) groups is 1. The van der Waals surface area contributed by atoms with Gasteiger partial charge in [0.1, 0.15) is 0 Å². The Morgan fingerprint density at radius 2 is 2.15 bits per heavy atom. The van der Waals surface area contributed by atoms with E-state index in [1.807, 2.05) is 24.8 Å². The van der Waals surface area contributed by atoms with E-state index in [9.17, 15) is 4.79 Å². The van der Waals surface area contributed by atoms with E-state index in [4.69, 9.17) is 27.9 Å². The Labute approximate surface area is 129 Å². The lowest BCUT2D eigenvalue weighted by molar-refractivity contribution is -0.137. The predicted molar refractivity (Wildman–Crippen MR) is 82.1 cm³/mol. The van der Waals surface area contributed by atoms with Gasteiger partial charge in [-0.05, 0) is 31.6 Å². The van der Waals surface area contributed by atoms with Crippen molar-refractivity contribution in [2.75, 3.05) is 13.2 Å². The lowest BCUT2D eigenvalue weighted by Gasteiger charge is -2.36. The maximum Gasteiger partial charge on any atom is 0.246 e. The minimum atomic E-state index is -0.0382. The summed E-state index contributed by atoms with van der Waals surface area (Å²) >= 11 is 12.0. The monoisotopic (exact) mass is 313 g/mol. The number of rotatable bonds is 2. The predicted octanol–water partition coefficient (Wildman–Crippen LogP) is 3.64. The van der Waals surface area contributed by atoms with Gasteiger partial charge in [-0.2, -0.15) is 0 Å². The number of hydrogen-bond acceptors (Lipinski definition) is 2. The van der Waals surface area contributed by atoms with Crippen molar-refractivity contribution in [3.8, 4) is 0 Å². The van der Waals surface area contributed by atoms with Gasteiger partial charge in [-0.3, -0.25) is 4.79 Å². The van der Waals surface area contributed by atoms with Gasteiger partial charge >= 0.3 is 0 Å². The largest absolute Gasteiger partial charge is 0.375 e. The minimum absolute atomic E-state index is 0.0382. The Morgan fingerprint density at radius 1 is 1.40 bits per heavy atom. The summed E-state index contributed by atoms with van der Waals surface area (Å²) in [7, 11) is 0. The minimum Gasteiger partial charge on any atom is -0.375 e. The number of nitrogens with zero attached hydrogens (tertiary/aromatic N) is 1. The third-order valence-electron chi connectivity index (χ3n) is 3.28. The van der Waals surface area contributed by atoms with Crippen LogP contribution in [0.15, 0.2) is 24.3 Å². The van der Waals surface area contributed by atoms with E-state index in [2.05, 4.69) is 0 Å². The lowest BCUT2D eigenvalue weighted by Crippen LogP contribution is -2.49. The Morgan fingerprint density at radius 3 is 2.90 bits per heavy atom. The van der Waals surface area contributed by atoms with Gasteiger partial charge in [0, 0.05) is 12.6 Å². The van der Waals surface area contributed by atoms with E-state index in [0.29, 0.717) is 23.2 Å². The number of amides is 1. The summed E-state index contributed by atoms with van der Waals surface area (Å²) in [5, 5.41) is 0.941. The van der Waals surface area contributed by atoms with Crippen LogP contribution in [0.25, 0.3) is 6.08 Å². The highest BCUT2D eigenvalue weighted by molar-refractivity contribution is 6.42. The first-order valence-corrected chi connectivity index (χ1v) is 7.29. The van der Waals surface area contributed by atoms with Crippen molar-refractivity contribution in [1.29, 1.82) is 0 Å². The number of hydrogen-bond donors (Lipinski definition) is 0. The molecule has 0 radical (unpaired) electrons. The Hall–Kier alpha value is -1.03. The molecule has 0 N–H and O–H groups in total. The summed E-state index contributed by atoms with van der Waals surface area (Å²) < 4.78 is 5.51. The van der Waals surface area contributed by atoms with Crippen molar-refractivity contribution in [2.24, 2.45) is 0 Å². The van der Waals surface area contributed by atoms with Crippen LogP contribution in [0.2, 0.25) is 10.0 Å². The second-order valence-corrected chi connectivity index (χ2v) is 5.75. The summed E-state index contributed by atoms with van der Waals surface area (Å²) in [5.41, 5.74) is 0.737. The molecule has 1 fully saturated rings. The third kappa shape index (κ3) is 3.54. The van der Waals surface area contributed by atoms with Gasteiger partial charge in [0.25, 0.3) is 0 Å². The molecule has 3 nitrogen and oxygen atoms in total. The Kier molecular flexibility index (Phi) is 5.08. The van der Waals surface area contributed by atoms with Crippen LogP contribution >= 0.6 is 23.2 Å². The van der Waals surface area contributed by atoms with Crippen molar-refractivity contribution in [2.45, 2.75) is 26.0 Å². The summed E-state index contributed by atoms with van der Waals surface area (Å²) in [6, 6.07) is 5.42. The molecular weight excluding hydrogens is 297 g/mol. The molecule has 1 aromatic carbocycles. The van der Waals surface area contributed by atoms with Crippen molar-refractivity contribution < 1.29 is 9.53 Å². The average molecular weight is 314 g/mol. The van der Waals surface area contributed by atoms with E-state index < -0.39 is 0 Å². The maximum atomic E-state index is 12.2. The van der Waals surface area contributed by atoms with Gasteiger partial charge in [0.2, 0.25) is 5.91 Å². The van der Waals surface area contributed by atoms with Crippen LogP contribution in [0.1, 0.15) is 19.4 Å². The van der Waals surface area contributed by atoms with Crippen LogP contribution in [0.3, 0.4) is 0 Å². The normalized spacial score (nSPS) is 23.3. The first-order valence-electron chi connectivity index (χ1n) is 6.53. The molecule has 1 amide bonds. The molecule has 0 spiro atoms. The van der Waals surface area contributed by atoms with E-state index in [1.54, 1.807) is 18.2 Å². The molecule has 2 rings (SSSR count). The number of carbonyl (C=O) groups excluding carboxylic acids is 1. The molecule has 0 unspecified atom stereocenters. The van der Waals surface area contributed by atoms with Crippen LogP contribution in [0, 0.1) is 0 Å². The van der Waals surface area contributed by atoms with Crippen molar-refractivity contribution in [3.63, 3.8) is 0 Å². The van der Waals surface area contributed by atoms with Crippen molar-refractivity contribution >= 4 is 35.2 Å². The molecule has 1 aliphatic heterocycles. The molecule has 0 aromatic heterocycles. The molecule has 1 heterocycles. The van der Waals surface area contributed by atoms with Crippen LogP contribution < -0.4 is 0 Å². The topological polar surface area (TPSA) is 29.5 Å². The molecule has 1 saturated heterocycles. The highest BCUT2D eigenvalue weighted by Gasteiger charge is 2.25. The molecular formula is C15H17Cl2NO2. The fourth-order valence-corrected chi connectivity index (χ4v) is 2.49. The maximum absolute atomic E-state index is 12.2. The van der Waals surface area contributed by atoms with Gasteiger partial charge in [0.15, 0.2) is 0 Å². The molecule has 1 aliphatic rings. The summed E-state index contributed by atoms with van der Waals surface area (Å²) in [6.45, 7) is 5.11. The fraction of sp³-hybridized carbons (Fsp3) is 0.400. The van der Waals surface area contributed by atoms with Gasteiger partial charge in [0.05, 0.1) is 28.8 Å². The second-order valence-electron chi connectivity index (χ2n) is 4.96. The molecule has 2 atom stereocenters. The smallest absolute Gasteiger partial charge is 0.246 e. The van der Waals surface area contributed by atoms with E-state index in [0.717, 1.165) is 5.56 Å². The highest BCUT2D eigenvalue weighted by atomic mass is 35.5. The quantitative estimate of drug-likeness (QED) is 0.780. The van der Waals surface area contributed by atoms with Crippen molar-refractivity contribution in [1.82, 2.24) is 4.90 Å². The van der Waals surface area contributed by atoms with E-state index in [1.165, 1.54) is 6.08 Å². The molecule has 0 bridgehead atoms. The molecule has 5 heteroatoms. The molecule has 20 heavy (non-hydrogen) atoms. The first-order chi connectivity index (χ1) is 9.49. The van der Waals surface area contributed by atoms with E-state index in [-0.39, 0.29) is 18.1 Å². The summed E-state index contributed by atoms with van der Waals surface area (Å²) in [4.78, 5) is 14.0. The Bertz CT molecular complexity index is 531. The molecule has 1 aromatic rings. The van der Waals surface area contributed by atoms with Gasteiger partial charge in [-0.25, -0.2) is 0 Å². The third-order valence-corrected chi connectivity index (χ3v) is 4.11. The van der Waals surface area contributed by atoms with Gasteiger partial charge in [-0.1, -0.05) is 35.3 Å². The summed E-state index contributed by atoms with van der Waals surface area (Å²) in [6.07, 6.45) is 3.30. The molecule has 0 saturated carbocycles. The zero-order valence-corrected chi connectivity index (χ0v) is 13.0. The second kappa shape index (κ2) is 6.61. The zero-order valence-electron chi connectivity index (χ0n) is 11.5. The summed E-state index contributed by atoms with van der Waals surface area (Å²) in [5.74, 6) is -0.0382. The van der Waals surface area contributed by atoms with Gasteiger partial charge in [-0.15, -0.1) is 0 Å². The fourth-order valence-electron chi connectivity index (χ4n) is 2.12. The zero-order chi connectivity index (χ0) is 14.7. The Balaban J connectivity index is 2.10. The number of benzene rings is 1. The highest BCUT2D eigenvalue weighted by Crippen LogP contribution is 2.26. The lowest BCUT2D eigenvalue weighted by atomic mass is 10.1.